The fraction of sp³-hybridized carbons (Fsp3) is 0.353. The van der Waals surface area contributed by atoms with E-state index in [9.17, 15) is 4.79 Å². The van der Waals surface area contributed by atoms with E-state index in [0.717, 1.165) is 24.8 Å². The zero-order chi connectivity index (χ0) is 14.8. The maximum atomic E-state index is 12.1. The van der Waals surface area contributed by atoms with E-state index in [1.165, 1.54) is 10.4 Å². The van der Waals surface area contributed by atoms with Gasteiger partial charge in [-0.05, 0) is 43.2 Å². The van der Waals surface area contributed by atoms with Crippen LogP contribution in [0.25, 0.3) is 0 Å². The summed E-state index contributed by atoms with van der Waals surface area (Å²) in [6.45, 7) is 2.20. The Bertz CT molecular complexity index is 648. The number of nitrogens with two attached hydrogens (primary N) is 1. The summed E-state index contributed by atoms with van der Waals surface area (Å²) in [5.74, 6) is 0.248. The van der Waals surface area contributed by atoms with Crippen molar-refractivity contribution < 1.29 is 9.53 Å². The van der Waals surface area contributed by atoms with Gasteiger partial charge in [0.05, 0.1) is 12.2 Å². The van der Waals surface area contributed by atoms with Crippen LogP contribution in [0.5, 0.6) is 0 Å². The van der Waals surface area contributed by atoms with E-state index in [2.05, 4.69) is 24.3 Å². The van der Waals surface area contributed by atoms with E-state index < -0.39 is 0 Å². The van der Waals surface area contributed by atoms with Crippen molar-refractivity contribution in [3.63, 3.8) is 0 Å². The minimum absolute atomic E-state index is 0.273. The highest BCUT2D eigenvalue weighted by atomic mass is 32.1. The van der Waals surface area contributed by atoms with Gasteiger partial charge in [0.2, 0.25) is 0 Å². The summed E-state index contributed by atoms with van der Waals surface area (Å²) in [6, 6.07) is 10.6. The number of thiophene rings is 1. The van der Waals surface area contributed by atoms with E-state index in [-0.39, 0.29) is 5.97 Å². The number of nitrogen functional groups attached to an aromatic ring is 1. The Balaban J connectivity index is 1.88. The van der Waals surface area contributed by atoms with E-state index in [0.29, 0.717) is 23.1 Å². The van der Waals surface area contributed by atoms with Crippen LogP contribution < -0.4 is 5.73 Å². The molecule has 2 aromatic rings. The molecule has 2 N–H and O–H groups in total. The monoisotopic (exact) mass is 301 g/mol. The third-order valence-electron chi connectivity index (χ3n) is 4.04. The molecule has 0 bridgehead atoms. The summed E-state index contributed by atoms with van der Waals surface area (Å²) in [7, 11) is 0. The highest BCUT2D eigenvalue weighted by molar-refractivity contribution is 7.16. The number of anilines is 1. The van der Waals surface area contributed by atoms with Gasteiger partial charge in [0.25, 0.3) is 0 Å². The van der Waals surface area contributed by atoms with Gasteiger partial charge in [0.1, 0.15) is 5.00 Å². The molecule has 1 atom stereocenters. The number of benzene rings is 1. The topological polar surface area (TPSA) is 52.3 Å². The molecule has 0 saturated heterocycles. The first-order chi connectivity index (χ1) is 10.2. The van der Waals surface area contributed by atoms with Gasteiger partial charge in [-0.3, -0.25) is 0 Å². The van der Waals surface area contributed by atoms with Crippen molar-refractivity contribution in [2.45, 2.75) is 32.1 Å². The first kappa shape index (κ1) is 14.1. The molecule has 1 unspecified atom stereocenters. The van der Waals surface area contributed by atoms with E-state index in [1.54, 1.807) is 11.3 Å². The summed E-state index contributed by atoms with van der Waals surface area (Å²) >= 11 is 1.55. The van der Waals surface area contributed by atoms with E-state index in [1.807, 2.05) is 13.0 Å². The lowest BCUT2D eigenvalue weighted by Gasteiger charge is -2.23. The molecule has 1 aromatic carbocycles. The second-order valence-corrected chi connectivity index (χ2v) is 6.45. The van der Waals surface area contributed by atoms with Crippen LogP contribution in [0.3, 0.4) is 0 Å². The van der Waals surface area contributed by atoms with Crippen LogP contribution in [-0.4, -0.2) is 12.6 Å². The normalized spacial score (nSPS) is 17.3. The average Bonchev–Trinajstić information content (AvgIpc) is 2.83. The zero-order valence-corrected chi connectivity index (χ0v) is 12.9. The lowest BCUT2D eigenvalue weighted by molar-refractivity contribution is 0.0526. The van der Waals surface area contributed by atoms with Crippen LogP contribution in [0.2, 0.25) is 0 Å². The molecule has 1 aromatic heterocycles. The molecule has 21 heavy (non-hydrogen) atoms. The predicted octanol–water partition coefficient (Wildman–Crippen LogP) is 3.78. The largest absolute Gasteiger partial charge is 0.462 e. The highest BCUT2D eigenvalue weighted by Crippen LogP contribution is 2.41. The summed E-state index contributed by atoms with van der Waals surface area (Å²) < 4.78 is 5.13. The van der Waals surface area contributed by atoms with Crippen LogP contribution in [0.4, 0.5) is 5.00 Å². The molecule has 0 fully saturated rings. The molecular formula is C17H19NO2S. The van der Waals surface area contributed by atoms with E-state index >= 15 is 0 Å². The first-order valence-corrected chi connectivity index (χ1v) is 8.14. The number of fused-ring (bicyclic) bond motifs is 1. The van der Waals surface area contributed by atoms with Crippen molar-refractivity contribution in [2.75, 3.05) is 12.3 Å². The Morgan fingerprint density at radius 3 is 2.86 bits per heavy atom. The molecule has 3 rings (SSSR count). The van der Waals surface area contributed by atoms with Crippen LogP contribution >= 0.6 is 11.3 Å². The molecule has 3 nitrogen and oxygen atoms in total. The number of hydrogen-bond acceptors (Lipinski definition) is 4. The van der Waals surface area contributed by atoms with Crippen molar-refractivity contribution in [1.29, 1.82) is 0 Å². The minimum atomic E-state index is -0.273. The molecule has 1 heterocycles. The number of carbonyl (C=O) groups excluding carboxylic acids is 1. The minimum Gasteiger partial charge on any atom is -0.462 e. The molecule has 1 aliphatic rings. The molecule has 0 radical (unpaired) electrons. The van der Waals surface area contributed by atoms with Crippen LogP contribution in [-0.2, 0) is 17.6 Å². The summed E-state index contributed by atoms with van der Waals surface area (Å²) in [6.07, 6.45) is 2.92. The van der Waals surface area contributed by atoms with Crippen molar-refractivity contribution in [3.05, 3.63) is 51.9 Å². The SMILES string of the molecule is CCOC(=O)c1c(N)sc2c1CCC(c1ccccc1)C2. The molecule has 1 aliphatic carbocycles. The first-order valence-electron chi connectivity index (χ1n) is 7.32. The lowest BCUT2D eigenvalue weighted by Crippen LogP contribution is -2.14. The second-order valence-electron chi connectivity index (χ2n) is 5.31. The molecule has 110 valence electrons. The molecular weight excluding hydrogens is 282 g/mol. The van der Waals surface area contributed by atoms with Gasteiger partial charge in [-0.2, -0.15) is 0 Å². The van der Waals surface area contributed by atoms with Crippen molar-refractivity contribution in [2.24, 2.45) is 0 Å². The maximum Gasteiger partial charge on any atom is 0.341 e. The fourth-order valence-electron chi connectivity index (χ4n) is 3.04. The number of ether oxygens (including phenoxy) is 1. The predicted molar refractivity (Wildman–Crippen MR) is 85.9 cm³/mol. The summed E-state index contributed by atoms with van der Waals surface area (Å²) in [5, 5.41) is 0.604. The fourth-order valence-corrected chi connectivity index (χ4v) is 4.23. The van der Waals surface area contributed by atoms with Gasteiger partial charge in [-0.1, -0.05) is 30.3 Å². The molecule has 0 spiro atoms. The van der Waals surface area contributed by atoms with Gasteiger partial charge in [0, 0.05) is 4.88 Å². The van der Waals surface area contributed by atoms with Crippen LogP contribution in [0, 0.1) is 0 Å². The summed E-state index contributed by atoms with van der Waals surface area (Å²) in [4.78, 5) is 13.3. The molecule has 4 heteroatoms. The Hall–Kier alpha value is -1.81. The third-order valence-corrected chi connectivity index (χ3v) is 5.13. The van der Waals surface area contributed by atoms with Crippen LogP contribution in [0.1, 0.15) is 45.6 Å². The molecule has 0 aliphatic heterocycles. The highest BCUT2D eigenvalue weighted by Gasteiger charge is 2.29. The Labute approximate surface area is 128 Å². The Kier molecular flexibility index (Phi) is 3.97. The standard InChI is InChI=1S/C17H19NO2S/c1-2-20-17(19)15-13-9-8-12(10-14(13)21-16(15)18)11-6-4-3-5-7-11/h3-7,12H,2,8-10,18H2,1H3. The number of esters is 1. The van der Waals surface area contributed by atoms with Crippen molar-refractivity contribution in [3.8, 4) is 0 Å². The number of hydrogen-bond donors (Lipinski definition) is 1. The average molecular weight is 301 g/mol. The smallest absolute Gasteiger partial charge is 0.341 e. The number of rotatable bonds is 3. The maximum absolute atomic E-state index is 12.1. The second kappa shape index (κ2) is 5.90. The Morgan fingerprint density at radius 1 is 1.38 bits per heavy atom. The quantitative estimate of drug-likeness (QED) is 0.878. The third kappa shape index (κ3) is 2.68. The molecule has 0 saturated carbocycles. The Morgan fingerprint density at radius 2 is 2.14 bits per heavy atom. The van der Waals surface area contributed by atoms with E-state index in [4.69, 9.17) is 10.5 Å². The van der Waals surface area contributed by atoms with Crippen molar-refractivity contribution in [1.82, 2.24) is 0 Å². The van der Waals surface area contributed by atoms with Gasteiger partial charge in [-0.15, -0.1) is 11.3 Å². The van der Waals surface area contributed by atoms with Gasteiger partial charge < -0.3 is 10.5 Å². The van der Waals surface area contributed by atoms with Gasteiger partial charge in [0.15, 0.2) is 0 Å². The van der Waals surface area contributed by atoms with Gasteiger partial charge in [-0.25, -0.2) is 4.79 Å². The zero-order valence-electron chi connectivity index (χ0n) is 12.1. The van der Waals surface area contributed by atoms with Crippen LogP contribution in [0.15, 0.2) is 30.3 Å². The lowest BCUT2D eigenvalue weighted by atomic mass is 9.83. The summed E-state index contributed by atoms with van der Waals surface area (Å²) in [5.41, 5.74) is 9.15. The molecule has 0 amide bonds. The number of carbonyl (C=O) groups is 1. The van der Waals surface area contributed by atoms with Gasteiger partial charge >= 0.3 is 5.97 Å². The van der Waals surface area contributed by atoms with Crippen molar-refractivity contribution >= 4 is 22.3 Å².